The molecule has 3 heteroatoms. The minimum atomic E-state index is -0.183. The number of hydrogen-bond donors (Lipinski definition) is 1. The number of aromatic nitrogens is 2. The molecule has 1 aliphatic heterocycles. The van der Waals surface area contributed by atoms with Crippen LogP contribution in [-0.2, 0) is 0 Å². The number of allylic oxidation sites excluding steroid dienone is 2. The van der Waals surface area contributed by atoms with Gasteiger partial charge in [0.25, 0.3) is 0 Å². The second kappa shape index (κ2) is 12.1. The summed E-state index contributed by atoms with van der Waals surface area (Å²) < 4.78 is 5.07. The third-order valence-corrected chi connectivity index (χ3v) is 11.9. The highest BCUT2D eigenvalue weighted by atomic mass is 15.2. The van der Waals surface area contributed by atoms with E-state index in [9.17, 15) is 0 Å². The van der Waals surface area contributed by atoms with E-state index in [1.165, 1.54) is 87.1 Å². The smallest absolute Gasteiger partial charge is 0.124 e. The summed E-state index contributed by atoms with van der Waals surface area (Å²) in [7, 11) is 0. The third-order valence-electron chi connectivity index (χ3n) is 11.9. The summed E-state index contributed by atoms with van der Waals surface area (Å²) in [6.07, 6.45) is 4.54. The molecule has 0 fully saturated rings. The number of dihydropyridines is 1. The maximum absolute atomic E-state index is 4.05. The highest BCUT2D eigenvalue weighted by Crippen LogP contribution is 2.50. The largest absolute Gasteiger partial charge is 0.361 e. The average molecular weight is 714 g/mol. The summed E-state index contributed by atoms with van der Waals surface area (Å²) in [4.78, 5) is 0. The van der Waals surface area contributed by atoms with Gasteiger partial charge in [-0.25, -0.2) is 0 Å². The summed E-state index contributed by atoms with van der Waals surface area (Å²) >= 11 is 0. The molecule has 0 amide bonds. The molecule has 11 aromatic rings. The Morgan fingerprint density at radius 1 is 0.375 bits per heavy atom. The Bertz CT molecular complexity index is 3420. The normalized spacial score (nSPS) is 14.6. The molecule has 1 atom stereocenters. The highest BCUT2D eigenvalue weighted by Gasteiger charge is 2.28. The predicted octanol–water partition coefficient (Wildman–Crippen LogP) is 13.6. The number of rotatable bonds is 4. The molecular weight excluding hydrogens is 679 g/mol. The molecule has 1 N–H and O–H groups in total. The first-order chi connectivity index (χ1) is 27.8. The molecule has 2 aromatic heterocycles. The lowest BCUT2D eigenvalue weighted by Crippen LogP contribution is -2.26. The van der Waals surface area contributed by atoms with Crippen LogP contribution in [0.2, 0.25) is 0 Å². The Kier molecular flexibility index (Phi) is 6.69. The van der Waals surface area contributed by atoms with Gasteiger partial charge in [-0.3, -0.25) is 0 Å². The monoisotopic (exact) mass is 713 g/mol. The molecule has 0 aliphatic carbocycles. The lowest BCUT2D eigenvalue weighted by atomic mass is 9.90. The van der Waals surface area contributed by atoms with Crippen molar-refractivity contribution in [3.63, 3.8) is 0 Å². The molecule has 262 valence electrons. The Hall–Kier alpha value is -7.36. The van der Waals surface area contributed by atoms with Gasteiger partial charge in [-0.05, 0) is 69.3 Å². The van der Waals surface area contributed by atoms with Crippen molar-refractivity contribution in [2.24, 2.45) is 0 Å². The van der Waals surface area contributed by atoms with Crippen molar-refractivity contribution >= 4 is 87.2 Å². The minimum absolute atomic E-state index is 0.183. The zero-order chi connectivity index (χ0) is 36.7. The van der Waals surface area contributed by atoms with Crippen LogP contribution in [0.5, 0.6) is 0 Å². The van der Waals surface area contributed by atoms with E-state index >= 15 is 0 Å². The van der Waals surface area contributed by atoms with Gasteiger partial charge in [0.15, 0.2) is 0 Å². The third kappa shape index (κ3) is 4.40. The van der Waals surface area contributed by atoms with Crippen molar-refractivity contribution in [3.8, 4) is 5.69 Å². The Morgan fingerprint density at radius 2 is 0.857 bits per heavy atom. The highest BCUT2D eigenvalue weighted by molar-refractivity contribution is 6.44. The second-order valence-electron chi connectivity index (χ2n) is 14.9. The zero-order valence-electron chi connectivity index (χ0n) is 30.5. The maximum atomic E-state index is 4.05. The van der Waals surface area contributed by atoms with Crippen LogP contribution in [0.15, 0.2) is 200 Å². The van der Waals surface area contributed by atoms with Gasteiger partial charge in [-0.2, -0.15) is 0 Å². The van der Waals surface area contributed by atoms with E-state index in [0.717, 1.165) is 16.9 Å². The molecule has 0 bridgehead atoms. The van der Waals surface area contributed by atoms with E-state index in [-0.39, 0.29) is 6.17 Å². The van der Waals surface area contributed by atoms with Crippen LogP contribution in [0, 0.1) is 0 Å². The van der Waals surface area contributed by atoms with E-state index < -0.39 is 0 Å². The maximum Gasteiger partial charge on any atom is 0.124 e. The van der Waals surface area contributed by atoms with E-state index in [1.54, 1.807) is 0 Å². The molecule has 0 spiro atoms. The van der Waals surface area contributed by atoms with Crippen molar-refractivity contribution in [1.82, 2.24) is 14.5 Å². The summed E-state index contributed by atoms with van der Waals surface area (Å²) in [5.74, 6) is 0. The predicted molar refractivity (Wildman–Crippen MR) is 237 cm³/mol. The number of nitrogens with zero attached hydrogens (tertiary/aromatic N) is 2. The van der Waals surface area contributed by atoms with Crippen molar-refractivity contribution < 1.29 is 0 Å². The van der Waals surface area contributed by atoms with Crippen LogP contribution in [0.1, 0.15) is 17.3 Å². The van der Waals surface area contributed by atoms with Gasteiger partial charge >= 0.3 is 0 Å². The molecule has 0 saturated heterocycles. The van der Waals surface area contributed by atoms with Gasteiger partial charge in [-0.15, -0.1) is 0 Å². The zero-order valence-corrected chi connectivity index (χ0v) is 30.5. The molecule has 3 heterocycles. The molecule has 9 aromatic carbocycles. The van der Waals surface area contributed by atoms with E-state index in [0.29, 0.717) is 0 Å². The van der Waals surface area contributed by atoms with Gasteiger partial charge in [0.05, 0.1) is 22.1 Å². The summed E-state index contributed by atoms with van der Waals surface area (Å²) in [5.41, 5.74) is 10.7. The average Bonchev–Trinajstić information content (AvgIpc) is 3.81. The molecule has 0 radical (unpaired) electrons. The second-order valence-corrected chi connectivity index (χ2v) is 14.9. The summed E-state index contributed by atoms with van der Waals surface area (Å²) in [6, 6.07) is 68.5. The van der Waals surface area contributed by atoms with E-state index in [1.807, 2.05) is 0 Å². The topological polar surface area (TPSA) is 21.9 Å². The first-order valence-corrected chi connectivity index (χ1v) is 19.4. The first kappa shape index (κ1) is 31.0. The number of hydrogen-bond acceptors (Lipinski definition) is 1. The Morgan fingerprint density at radius 3 is 1.54 bits per heavy atom. The molecular formula is C53H35N3. The van der Waals surface area contributed by atoms with Crippen LogP contribution in [0.3, 0.4) is 0 Å². The molecule has 56 heavy (non-hydrogen) atoms. The molecule has 12 rings (SSSR count). The quantitative estimate of drug-likeness (QED) is 0.180. The SMILES string of the molecule is C1=C(c2ccccc2)C=C(c2ccccc2)NC1n1c2ccccc2c2c3ccccc3c3c4c5ccccc5n(-c5ccccc5)c4c4ccccc4c3c21. The fourth-order valence-corrected chi connectivity index (χ4v) is 9.62. The molecule has 0 saturated carbocycles. The van der Waals surface area contributed by atoms with Crippen molar-refractivity contribution in [1.29, 1.82) is 0 Å². The van der Waals surface area contributed by atoms with Crippen LogP contribution < -0.4 is 5.32 Å². The fourth-order valence-electron chi connectivity index (χ4n) is 9.62. The molecule has 1 aliphatic rings. The molecule has 1 unspecified atom stereocenters. The van der Waals surface area contributed by atoms with Crippen LogP contribution in [0.25, 0.3) is 92.9 Å². The van der Waals surface area contributed by atoms with Gasteiger partial charge in [0.1, 0.15) is 6.17 Å². The van der Waals surface area contributed by atoms with Crippen LogP contribution >= 0.6 is 0 Å². The standard InChI is InChI=1S/C53H35N3/c1-4-18-34(19-5-1)36-32-44(35-20-6-2-7-21-35)54-47(33-36)56-46-31-17-14-28-42(46)48-38-24-10-11-25-39(38)49-50(53(48)56)40-26-12-13-27-41(40)52-51(49)43-29-15-16-30-45(43)55(52)37-22-8-3-9-23-37/h1-33,47,54H. The van der Waals surface area contributed by atoms with Crippen LogP contribution in [-0.4, -0.2) is 9.13 Å². The van der Waals surface area contributed by atoms with Gasteiger partial charge in [0, 0.05) is 49.1 Å². The molecule has 3 nitrogen and oxygen atoms in total. The first-order valence-electron chi connectivity index (χ1n) is 19.4. The van der Waals surface area contributed by atoms with Crippen molar-refractivity contribution in [2.45, 2.75) is 6.17 Å². The van der Waals surface area contributed by atoms with Crippen molar-refractivity contribution in [2.75, 3.05) is 0 Å². The number of fused-ring (bicyclic) bond motifs is 15. The lowest BCUT2D eigenvalue weighted by molar-refractivity contribution is 0.592. The van der Waals surface area contributed by atoms with Gasteiger partial charge < -0.3 is 14.5 Å². The summed E-state index contributed by atoms with van der Waals surface area (Å²) in [6.45, 7) is 0. The minimum Gasteiger partial charge on any atom is -0.361 e. The number of nitrogens with one attached hydrogen (secondary N) is 1. The number of benzene rings is 9. The Labute approximate surface area is 323 Å². The fraction of sp³-hybridized carbons (Fsp3) is 0.0189. The Balaban J connectivity index is 1.31. The van der Waals surface area contributed by atoms with E-state index in [2.05, 4.69) is 215 Å². The van der Waals surface area contributed by atoms with E-state index in [4.69, 9.17) is 0 Å². The van der Waals surface area contributed by atoms with Crippen molar-refractivity contribution in [3.05, 3.63) is 211 Å². The van der Waals surface area contributed by atoms with Crippen LogP contribution in [0.4, 0.5) is 0 Å². The van der Waals surface area contributed by atoms with Gasteiger partial charge in [-0.1, -0.05) is 164 Å². The summed E-state index contributed by atoms with van der Waals surface area (Å²) in [5, 5.41) is 16.7. The lowest BCUT2D eigenvalue weighted by Gasteiger charge is -2.28. The number of para-hydroxylation sites is 3. The van der Waals surface area contributed by atoms with Gasteiger partial charge in [0.2, 0.25) is 0 Å².